The molecule has 5 rings (SSSR count). The SMILES string of the molecule is O=[N+]([O-])c1ccc(OC2=NN=NP(N3CCCCC3)(N3CCCCC3)(N3CCCCC3)S2)cc1. The van der Waals surface area contributed by atoms with Gasteiger partial charge in [0.25, 0.3) is 0 Å². The molecule has 1 aromatic carbocycles. The van der Waals surface area contributed by atoms with Crippen molar-refractivity contribution >= 4 is 28.7 Å². The maximum atomic E-state index is 11.1. The van der Waals surface area contributed by atoms with Gasteiger partial charge in [0.2, 0.25) is 0 Å². The Hall–Kier alpha value is -1.65. The van der Waals surface area contributed by atoms with E-state index in [4.69, 9.17) is 9.62 Å². The fourth-order valence-corrected chi connectivity index (χ4v) is 14.8. The van der Waals surface area contributed by atoms with E-state index in [1.165, 1.54) is 69.9 Å². The van der Waals surface area contributed by atoms with E-state index in [1.54, 1.807) is 23.5 Å². The molecule has 0 N–H and O–H groups in total. The summed E-state index contributed by atoms with van der Waals surface area (Å²) in [5, 5.41) is 20.3. The van der Waals surface area contributed by atoms with Crippen molar-refractivity contribution in [2.45, 2.75) is 57.8 Å². The number of ether oxygens (including phenoxy) is 1. The Morgan fingerprint density at radius 1 is 0.794 bits per heavy atom. The quantitative estimate of drug-likeness (QED) is 0.273. The van der Waals surface area contributed by atoms with Crippen molar-refractivity contribution in [1.82, 2.24) is 14.0 Å². The van der Waals surface area contributed by atoms with E-state index in [9.17, 15) is 10.1 Å². The molecule has 0 amide bonds. The van der Waals surface area contributed by atoms with Gasteiger partial charge in [-0.05, 0) is 0 Å². The molecule has 10 nitrogen and oxygen atoms in total. The second-order valence-electron chi connectivity index (χ2n) is 9.40. The van der Waals surface area contributed by atoms with Crippen LogP contribution in [0.25, 0.3) is 0 Å². The van der Waals surface area contributed by atoms with Crippen LogP contribution < -0.4 is 4.74 Å². The van der Waals surface area contributed by atoms with Crippen molar-refractivity contribution < 1.29 is 9.66 Å². The van der Waals surface area contributed by atoms with Gasteiger partial charge in [-0.3, -0.25) is 0 Å². The number of non-ortho nitro benzene ring substituents is 1. The normalized spacial score (nSPS) is 27.3. The van der Waals surface area contributed by atoms with Gasteiger partial charge >= 0.3 is 205 Å². The van der Waals surface area contributed by atoms with Crippen LogP contribution in [0.1, 0.15) is 57.8 Å². The molecule has 0 spiro atoms. The summed E-state index contributed by atoms with van der Waals surface area (Å²) in [6.45, 7) is 6.09. The van der Waals surface area contributed by atoms with E-state index in [0.29, 0.717) is 11.0 Å². The Kier molecular flexibility index (Phi) is 7.18. The molecule has 0 unspecified atom stereocenters. The first-order chi connectivity index (χ1) is 16.6. The van der Waals surface area contributed by atoms with Crippen LogP contribution >= 0.6 is 17.8 Å². The zero-order valence-electron chi connectivity index (χ0n) is 19.6. The maximum absolute atomic E-state index is 11.1. The predicted molar refractivity (Wildman–Crippen MR) is 137 cm³/mol. The summed E-state index contributed by atoms with van der Waals surface area (Å²) in [6.07, 6.45) is 7.51. The number of piperidine rings is 3. The summed E-state index contributed by atoms with van der Waals surface area (Å²) in [4.78, 5) is 15.9. The van der Waals surface area contributed by atoms with Crippen molar-refractivity contribution in [3.63, 3.8) is 0 Å². The van der Waals surface area contributed by atoms with Gasteiger partial charge in [-0.15, -0.1) is 0 Å². The molecule has 3 saturated heterocycles. The van der Waals surface area contributed by atoms with Gasteiger partial charge < -0.3 is 0 Å². The minimum absolute atomic E-state index is 0.0415. The number of rotatable bonds is 5. The molecule has 3 fully saturated rings. The number of nitrogens with zero attached hydrogens (tertiary/aromatic N) is 7. The van der Waals surface area contributed by atoms with Crippen molar-refractivity contribution in [2.24, 2.45) is 15.2 Å². The van der Waals surface area contributed by atoms with Gasteiger partial charge in [-0.2, -0.15) is 0 Å². The molecular weight excluding hydrogens is 473 g/mol. The molecule has 4 aliphatic heterocycles. The minimum atomic E-state index is -3.28. The first-order valence-corrected chi connectivity index (χ1v) is 16.0. The number of hydrogen-bond acceptors (Lipinski definition) is 10. The zero-order chi connectivity index (χ0) is 23.5. The van der Waals surface area contributed by atoms with Gasteiger partial charge in [0, 0.05) is 0 Å². The third kappa shape index (κ3) is 4.26. The first kappa shape index (κ1) is 24.1. The van der Waals surface area contributed by atoms with E-state index in [1.807, 2.05) is 0 Å². The predicted octanol–water partition coefficient (Wildman–Crippen LogP) is 6.03. The van der Waals surface area contributed by atoms with Crippen LogP contribution in [0.15, 0.2) is 39.5 Å². The molecule has 0 saturated carbocycles. The van der Waals surface area contributed by atoms with Crippen molar-refractivity contribution in [3.8, 4) is 5.75 Å². The van der Waals surface area contributed by atoms with Crippen LogP contribution in [-0.2, 0) is 0 Å². The molecule has 34 heavy (non-hydrogen) atoms. The summed E-state index contributed by atoms with van der Waals surface area (Å²) in [5.74, 6) is 0.529. The summed E-state index contributed by atoms with van der Waals surface area (Å²) in [7, 11) is 0. The van der Waals surface area contributed by atoms with Crippen LogP contribution in [0, 0.1) is 10.1 Å². The Balaban J connectivity index is 1.54. The topological polar surface area (TPSA) is 99.2 Å². The Morgan fingerprint density at radius 2 is 1.26 bits per heavy atom. The average molecular weight is 508 g/mol. The molecule has 0 bridgehead atoms. The fourth-order valence-electron chi connectivity index (χ4n) is 5.64. The van der Waals surface area contributed by atoms with Gasteiger partial charge in [0.1, 0.15) is 0 Å². The van der Waals surface area contributed by atoms with Crippen molar-refractivity contribution in [3.05, 3.63) is 34.4 Å². The van der Waals surface area contributed by atoms with E-state index in [-0.39, 0.29) is 5.69 Å². The molecule has 0 aliphatic carbocycles. The van der Waals surface area contributed by atoms with Gasteiger partial charge in [0.15, 0.2) is 0 Å². The Morgan fingerprint density at radius 3 is 1.71 bits per heavy atom. The molecule has 0 aromatic heterocycles. The van der Waals surface area contributed by atoms with Gasteiger partial charge in [-0.25, -0.2) is 0 Å². The van der Waals surface area contributed by atoms with E-state index in [0.717, 1.165) is 39.3 Å². The molecule has 12 heteroatoms. The van der Waals surface area contributed by atoms with Gasteiger partial charge in [0.05, 0.1) is 0 Å². The van der Waals surface area contributed by atoms with E-state index < -0.39 is 11.3 Å². The number of nitro groups is 1. The molecule has 4 heterocycles. The Bertz CT molecular complexity index is 894. The summed E-state index contributed by atoms with van der Waals surface area (Å²) in [6, 6.07) is 6.18. The second-order valence-corrected chi connectivity index (χ2v) is 16.0. The average Bonchev–Trinajstić information content (AvgIpc) is 2.91. The number of benzene rings is 1. The zero-order valence-corrected chi connectivity index (χ0v) is 21.3. The van der Waals surface area contributed by atoms with Crippen molar-refractivity contribution in [1.29, 1.82) is 0 Å². The fraction of sp³-hybridized carbons (Fsp3) is 0.682. The van der Waals surface area contributed by atoms with Crippen LogP contribution in [-0.4, -0.2) is 63.4 Å². The second kappa shape index (κ2) is 10.1. The molecular formula is C22H34N7O3PS. The van der Waals surface area contributed by atoms with Crippen LogP contribution in [0.4, 0.5) is 5.69 Å². The monoisotopic (exact) mass is 507 g/mol. The third-order valence-corrected chi connectivity index (χ3v) is 16.3. The van der Waals surface area contributed by atoms with E-state index >= 15 is 0 Å². The van der Waals surface area contributed by atoms with E-state index in [2.05, 4.69) is 24.3 Å². The standard InChI is InChI=1S/C22H34N7O3PS/c30-29(31)20-10-12-21(13-11-20)32-22-23-24-25-33(34-22,26-14-4-1-5-15-26,27-16-6-2-7-17-27)28-18-8-3-9-19-28/h10-13H,1-9,14-19H2. The van der Waals surface area contributed by atoms with Crippen LogP contribution in [0.2, 0.25) is 0 Å². The number of nitro benzene ring substituents is 1. The summed E-state index contributed by atoms with van der Waals surface area (Å²) in [5.41, 5.74) is 0.0415. The third-order valence-electron chi connectivity index (χ3n) is 7.30. The summed E-state index contributed by atoms with van der Waals surface area (Å²) < 4.78 is 14.2. The Labute approximate surface area is 204 Å². The molecule has 4 aliphatic rings. The number of hydrogen-bond donors (Lipinski definition) is 0. The molecule has 0 atom stereocenters. The molecule has 186 valence electrons. The van der Waals surface area contributed by atoms with Gasteiger partial charge in [-0.1, -0.05) is 0 Å². The molecule has 1 aromatic rings. The van der Waals surface area contributed by atoms with Crippen LogP contribution in [0.5, 0.6) is 5.75 Å². The van der Waals surface area contributed by atoms with Crippen LogP contribution in [0.3, 0.4) is 0 Å². The van der Waals surface area contributed by atoms with Crippen molar-refractivity contribution in [2.75, 3.05) is 39.3 Å². The summed E-state index contributed by atoms with van der Waals surface area (Å²) >= 11 is 1.69. The molecule has 0 radical (unpaired) electrons. The first-order valence-electron chi connectivity index (χ1n) is 12.5.